The van der Waals surface area contributed by atoms with Gasteiger partial charge in [-0.25, -0.2) is 0 Å². The lowest BCUT2D eigenvalue weighted by molar-refractivity contribution is -0.122. The van der Waals surface area contributed by atoms with Crippen molar-refractivity contribution >= 4 is 17.5 Å². The van der Waals surface area contributed by atoms with Gasteiger partial charge in [-0.3, -0.25) is 9.59 Å². The van der Waals surface area contributed by atoms with Crippen LogP contribution >= 0.6 is 0 Å². The summed E-state index contributed by atoms with van der Waals surface area (Å²) in [5.74, 6) is 0.330. The number of nitrogens with one attached hydrogen (secondary N) is 1. The van der Waals surface area contributed by atoms with Crippen molar-refractivity contribution in [2.45, 2.75) is 20.0 Å². The lowest BCUT2D eigenvalue weighted by Gasteiger charge is -2.15. The van der Waals surface area contributed by atoms with Crippen molar-refractivity contribution in [3.63, 3.8) is 0 Å². The Labute approximate surface area is 142 Å². The van der Waals surface area contributed by atoms with Crippen LogP contribution in [0.5, 0.6) is 5.75 Å². The molecule has 1 atom stereocenters. The van der Waals surface area contributed by atoms with Gasteiger partial charge in [0.2, 0.25) is 0 Å². The molecule has 2 aromatic carbocycles. The molecule has 0 spiro atoms. The summed E-state index contributed by atoms with van der Waals surface area (Å²) in [4.78, 5) is 25.6. The van der Waals surface area contributed by atoms with Gasteiger partial charge < -0.3 is 15.0 Å². The number of carbonyl (C=O) groups is 2. The first-order valence-corrected chi connectivity index (χ1v) is 7.72. The topological polar surface area (TPSA) is 58.6 Å². The normalized spacial score (nSPS) is 11.5. The van der Waals surface area contributed by atoms with Crippen LogP contribution in [0.4, 0.5) is 5.69 Å². The highest BCUT2D eigenvalue weighted by Crippen LogP contribution is 2.16. The van der Waals surface area contributed by atoms with Crippen LogP contribution in [0.3, 0.4) is 0 Å². The average molecular weight is 326 g/mol. The molecule has 0 heterocycles. The Bertz CT molecular complexity index is 724. The lowest BCUT2D eigenvalue weighted by atomic mass is 10.2. The SMILES string of the molecule is Cc1cccc(O[C@@H](C)C(=O)Nc2ccc(C(=O)N(C)C)cc2)c1. The maximum Gasteiger partial charge on any atom is 0.265 e. The van der Waals surface area contributed by atoms with Crippen molar-refractivity contribution in [1.29, 1.82) is 0 Å². The number of anilines is 1. The summed E-state index contributed by atoms with van der Waals surface area (Å²) >= 11 is 0. The van der Waals surface area contributed by atoms with E-state index in [0.29, 0.717) is 17.0 Å². The number of benzene rings is 2. The number of ether oxygens (including phenoxy) is 1. The first-order chi connectivity index (χ1) is 11.4. The van der Waals surface area contributed by atoms with Gasteiger partial charge in [-0.15, -0.1) is 0 Å². The van der Waals surface area contributed by atoms with E-state index in [1.807, 2.05) is 31.2 Å². The van der Waals surface area contributed by atoms with Crippen molar-refractivity contribution in [1.82, 2.24) is 4.90 Å². The highest BCUT2D eigenvalue weighted by atomic mass is 16.5. The Hall–Kier alpha value is -2.82. The number of rotatable bonds is 5. The third-order valence-corrected chi connectivity index (χ3v) is 3.48. The zero-order valence-corrected chi connectivity index (χ0v) is 14.4. The quantitative estimate of drug-likeness (QED) is 0.918. The van der Waals surface area contributed by atoms with Gasteiger partial charge in [0.15, 0.2) is 6.10 Å². The molecule has 2 rings (SSSR count). The first-order valence-electron chi connectivity index (χ1n) is 7.72. The van der Waals surface area contributed by atoms with Crippen LogP contribution < -0.4 is 10.1 Å². The predicted octanol–water partition coefficient (Wildman–Crippen LogP) is 3.10. The van der Waals surface area contributed by atoms with E-state index >= 15 is 0 Å². The maximum absolute atomic E-state index is 12.2. The van der Waals surface area contributed by atoms with E-state index in [0.717, 1.165) is 5.56 Å². The molecular formula is C19H22N2O3. The van der Waals surface area contributed by atoms with Crippen molar-refractivity contribution in [3.05, 3.63) is 59.7 Å². The zero-order valence-electron chi connectivity index (χ0n) is 14.4. The fourth-order valence-corrected chi connectivity index (χ4v) is 2.14. The van der Waals surface area contributed by atoms with Crippen molar-refractivity contribution in [3.8, 4) is 5.75 Å². The molecular weight excluding hydrogens is 304 g/mol. The van der Waals surface area contributed by atoms with E-state index in [9.17, 15) is 9.59 Å². The Morgan fingerprint density at radius 2 is 1.75 bits per heavy atom. The van der Waals surface area contributed by atoms with Crippen molar-refractivity contribution in [2.75, 3.05) is 19.4 Å². The smallest absolute Gasteiger partial charge is 0.265 e. The summed E-state index contributed by atoms with van der Waals surface area (Å²) in [5.41, 5.74) is 2.26. The number of hydrogen-bond acceptors (Lipinski definition) is 3. The van der Waals surface area contributed by atoms with Gasteiger partial charge in [-0.1, -0.05) is 12.1 Å². The van der Waals surface area contributed by atoms with Crippen molar-refractivity contribution in [2.24, 2.45) is 0 Å². The summed E-state index contributed by atoms with van der Waals surface area (Å²) < 4.78 is 5.65. The molecule has 0 saturated heterocycles. The molecule has 5 nitrogen and oxygen atoms in total. The Morgan fingerprint density at radius 3 is 2.33 bits per heavy atom. The van der Waals surface area contributed by atoms with Crippen LogP contribution in [0.1, 0.15) is 22.8 Å². The molecule has 0 bridgehead atoms. The summed E-state index contributed by atoms with van der Waals surface area (Å²) in [6.45, 7) is 3.66. The van der Waals surface area contributed by atoms with Gasteiger partial charge in [-0.2, -0.15) is 0 Å². The third-order valence-electron chi connectivity index (χ3n) is 3.48. The van der Waals surface area contributed by atoms with Crippen LogP contribution in [0.25, 0.3) is 0 Å². The minimum absolute atomic E-state index is 0.0796. The van der Waals surface area contributed by atoms with Gasteiger partial charge in [0.25, 0.3) is 11.8 Å². The van der Waals surface area contributed by atoms with Gasteiger partial charge in [-0.05, 0) is 55.8 Å². The molecule has 0 saturated carbocycles. The summed E-state index contributed by atoms with van der Waals surface area (Å²) in [6, 6.07) is 14.3. The second-order valence-electron chi connectivity index (χ2n) is 5.84. The Kier molecular flexibility index (Phi) is 5.58. The maximum atomic E-state index is 12.2. The number of aryl methyl sites for hydroxylation is 1. The largest absolute Gasteiger partial charge is 0.481 e. The summed E-state index contributed by atoms with van der Waals surface area (Å²) in [7, 11) is 3.39. The van der Waals surface area contributed by atoms with Crippen molar-refractivity contribution < 1.29 is 14.3 Å². The molecule has 0 unspecified atom stereocenters. The van der Waals surface area contributed by atoms with Crippen LogP contribution in [-0.2, 0) is 4.79 Å². The number of carbonyl (C=O) groups excluding carboxylic acids is 2. The van der Waals surface area contributed by atoms with Crippen LogP contribution in [0.2, 0.25) is 0 Å². The molecule has 0 aliphatic rings. The highest BCUT2D eigenvalue weighted by Gasteiger charge is 2.15. The molecule has 126 valence electrons. The monoisotopic (exact) mass is 326 g/mol. The molecule has 0 radical (unpaired) electrons. The number of amides is 2. The van der Waals surface area contributed by atoms with E-state index < -0.39 is 6.10 Å². The first kappa shape index (κ1) is 17.5. The van der Waals surface area contributed by atoms with E-state index in [-0.39, 0.29) is 11.8 Å². The van der Waals surface area contributed by atoms with Gasteiger partial charge in [0.05, 0.1) is 0 Å². The average Bonchev–Trinajstić information content (AvgIpc) is 2.54. The molecule has 2 amide bonds. The Balaban J connectivity index is 1.97. The minimum Gasteiger partial charge on any atom is -0.481 e. The summed E-state index contributed by atoms with van der Waals surface area (Å²) in [5, 5.41) is 2.78. The third kappa shape index (κ3) is 4.59. The molecule has 5 heteroatoms. The van der Waals surface area contributed by atoms with Crippen LogP contribution in [-0.4, -0.2) is 36.9 Å². The fraction of sp³-hybridized carbons (Fsp3) is 0.263. The molecule has 1 N–H and O–H groups in total. The summed E-state index contributed by atoms with van der Waals surface area (Å²) in [6.07, 6.45) is -0.630. The van der Waals surface area contributed by atoms with Crippen LogP contribution in [0, 0.1) is 6.92 Å². The highest BCUT2D eigenvalue weighted by molar-refractivity contribution is 5.96. The van der Waals surface area contributed by atoms with E-state index in [1.54, 1.807) is 45.3 Å². The number of hydrogen-bond donors (Lipinski definition) is 1. The predicted molar refractivity (Wildman–Crippen MR) is 94.4 cm³/mol. The molecule has 0 aliphatic carbocycles. The van der Waals surface area contributed by atoms with Gasteiger partial charge in [0, 0.05) is 25.3 Å². The fourth-order valence-electron chi connectivity index (χ4n) is 2.14. The van der Waals surface area contributed by atoms with E-state index in [4.69, 9.17) is 4.74 Å². The minimum atomic E-state index is -0.630. The molecule has 0 aromatic heterocycles. The molecule has 2 aromatic rings. The molecule has 0 fully saturated rings. The van der Waals surface area contributed by atoms with Gasteiger partial charge in [0.1, 0.15) is 5.75 Å². The zero-order chi connectivity index (χ0) is 17.7. The lowest BCUT2D eigenvalue weighted by Crippen LogP contribution is -2.30. The molecule has 24 heavy (non-hydrogen) atoms. The molecule has 0 aliphatic heterocycles. The van der Waals surface area contributed by atoms with E-state index in [2.05, 4.69) is 5.32 Å². The Morgan fingerprint density at radius 1 is 1.08 bits per heavy atom. The van der Waals surface area contributed by atoms with Crippen LogP contribution in [0.15, 0.2) is 48.5 Å². The number of nitrogens with zero attached hydrogens (tertiary/aromatic N) is 1. The van der Waals surface area contributed by atoms with Gasteiger partial charge >= 0.3 is 0 Å². The second kappa shape index (κ2) is 7.64. The second-order valence-corrected chi connectivity index (χ2v) is 5.84. The van der Waals surface area contributed by atoms with E-state index in [1.165, 1.54) is 4.90 Å². The standard InChI is InChI=1S/C19H22N2O3/c1-13-6-5-7-17(12-13)24-14(2)18(22)20-16-10-8-15(9-11-16)19(23)21(3)4/h5-12,14H,1-4H3,(H,20,22)/t14-/m0/s1.